The molecule has 0 radical (unpaired) electrons. The van der Waals surface area contributed by atoms with Crippen molar-refractivity contribution in [1.29, 1.82) is 0 Å². The third-order valence-corrected chi connectivity index (χ3v) is 5.99. The van der Waals surface area contributed by atoms with E-state index in [4.69, 9.17) is 4.74 Å². The SMILES string of the molecule is Cc1ccc(C(=O)NCC2CCN(C(=O)Oc3ccnc(C)c3C)CC2)s1. The molecule has 0 saturated carbocycles. The average molecular weight is 388 g/mol. The van der Waals surface area contributed by atoms with Crippen LogP contribution in [0.4, 0.5) is 4.79 Å². The number of likely N-dealkylation sites (tertiary alicyclic amines) is 1. The highest BCUT2D eigenvalue weighted by Crippen LogP contribution is 2.22. The minimum atomic E-state index is -0.319. The fourth-order valence-electron chi connectivity index (χ4n) is 3.09. The first-order valence-corrected chi connectivity index (χ1v) is 9.99. The Bertz CT molecular complexity index is 826. The second-order valence-corrected chi connectivity index (χ2v) is 8.23. The molecule has 0 unspecified atom stereocenters. The van der Waals surface area contributed by atoms with Crippen molar-refractivity contribution in [2.75, 3.05) is 19.6 Å². The van der Waals surface area contributed by atoms with Crippen LogP contribution >= 0.6 is 11.3 Å². The average Bonchev–Trinajstić information content (AvgIpc) is 3.10. The molecule has 1 aliphatic rings. The highest BCUT2D eigenvalue weighted by atomic mass is 32.1. The predicted octanol–water partition coefficient (Wildman–Crippen LogP) is 3.71. The van der Waals surface area contributed by atoms with Crippen molar-refractivity contribution in [3.63, 3.8) is 0 Å². The Morgan fingerprint density at radius 3 is 2.63 bits per heavy atom. The Hall–Kier alpha value is -2.41. The number of pyridine rings is 1. The highest BCUT2D eigenvalue weighted by Gasteiger charge is 2.25. The van der Waals surface area contributed by atoms with Crippen LogP contribution in [0.3, 0.4) is 0 Å². The van der Waals surface area contributed by atoms with Gasteiger partial charge >= 0.3 is 6.09 Å². The molecular formula is C20H25N3O3S. The van der Waals surface area contributed by atoms with Crippen molar-refractivity contribution >= 4 is 23.3 Å². The maximum atomic E-state index is 12.4. The summed E-state index contributed by atoms with van der Waals surface area (Å²) in [7, 11) is 0. The molecule has 6 nitrogen and oxygen atoms in total. The number of carbonyl (C=O) groups is 2. The summed E-state index contributed by atoms with van der Waals surface area (Å²) < 4.78 is 5.54. The molecule has 1 N–H and O–H groups in total. The Morgan fingerprint density at radius 2 is 1.96 bits per heavy atom. The van der Waals surface area contributed by atoms with Crippen molar-refractivity contribution in [2.24, 2.45) is 5.92 Å². The lowest BCUT2D eigenvalue weighted by atomic mass is 9.97. The van der Waals surface area contributed by atoms with Gasteiger partial charge in [-0.05, 0) is 57.7 Å². The number of ether oxygens (including phenoxy) is 1. The molecule has 1 fully saturated rings. The number of piperidine rings is 1. The highest BCUT2D eigenvalue weighted by molar-refractivity contribution is 7.13. The van der Waals surface area contributed by atoms with Gasteiger partial charge < -0.3 is 15.0 Å². The zero-order valence-corrected chi connectivity index (χ0v) is 16.8. The quantitative estimate of drug-likeness (QED) is 0.868. The van der Waals surface area contributed by atoms with Gasteiger partial charge in [0.2, 0.25) is 0 Å². The third kappa shape index (κ3) is 4.86. The van der Waals surface area contributed by atoms with Gasteiger partial charge in [-0.3, -0.25) is 9.78 Å². The van der Waals surface area contributed by atoms with E-state index in [0.717, 1.165) is 33.9 Å². The maximum Gasteiger partial charge on any atom is 0.415 e. The number of hydrogen-bond donors (Lipinski definition) is 1. The number of thiophene rings is 1. The molecule has 7 heteroatoms. The van der Waals surface area contributed by atoms with Gasteiger partial charge in [-0.15, -0.1) is 11.3 Å². The van der Waals surface area contributed by atoms with Gasteiger partial charge in [0.25, 0.3) is 5.91 Å². The number of nitrogens with one attached hydrogen (secondary N) is 1. The van der Waals surface area contributed by atoms with Crippen molar-refractivity contribution in [3.05, 3.63) is 45.4 Å². The van der Waals surface area contributed by atoms with E-state index in [9.17, 15) is 9.59 Å². The number of aromatic nitrogens is 1. The molecule has 0 atom stereocenters. The Morgan fingerprint density at radius 1 is 1.22 bits per heavy atom. The molecule has 1 aliphatic heterocycles. The normalized spacial score (nSPS) is 14.9. The minimum Gasteiger partial charge on any atom is -0.410 e. The molecule has 2 aromatic heterocycles. The van der Waals surface area contributed by atoms with E-state index in [2.05, 4.69) is 10.3 Å². The van der Waals surface area contributed by atoms with E-state index in [1.807, 2.05) is 32.9 Å². The van der Waals surface area contributed by atoms with Gasteiger partial charge in [0.1, 0.15) is 5.75 Å². The van der Waals surface area contributed by atoms with E-state index in [1.54, 1.807) is 17.2 Å². The van der Waals surface area contributed by atoms with Crippen LogP contribution in [0.25, 0.3) is 0 Å². The molecule has 3 rings (SSSR count). The summed E-state index contributed by atoms with van der Waals surface area (Å²) in [5.41, 5.74) is 1.74. The van der Waals surface area contributed by atoms with E-state index in [1.165, 1.54) is 11.3 Å². The molecule has 0 spiro atoms. The van der Waals surface area contributed by atoms with Crippen LogP contribution in [0.15, 0.2) is 24.4 Å². The van der Waals surface area contributed by atoms with Crippen molar-refractivity contribution in [1.82, 2.24) is 15.2 Å². The smallest absolute Gasteiger partial charge is 0.410 e. The van der Waals surface area contributed by atoms with E-state index in [0.29, 0.717) is 31.3 Å². The monoisotopic (exact) mass is 387 g/mol. The zero-order chi connectivity index (χ0) is 19.4. The first-order valence-electron chi connectivity index (χ1n) is 9.17. The molecule has 1 saturated heterocycles. The Labute approximate surface area is 163 Å². The number of hydrogen-bond acceptors (Lipinski definition) is 5. The van der Waals surface area contributed by atoms with Crippen LogP contribution in [-0.2, 0) is 0 Å². The van der Waals surface area contributed by atoms with Crippen molar-refractivity contribution in [3.8, 4) is 5.75 Å². The van der Waals surface area contributed by atoms with Crippen molar-refractivity contribution in [2.45, 2.75) is 33.6 Å². The van der Waals surface area contributed by atoms with Crippen LogP contribution in [0, 0.1) is 26.7 Å². The van der Waals surface area contributed by atoms with Gasteiger partial charge in [-0.2, -0.15) is 0 Å². The summed E-state index contributed by atoms with van der Waals surface area (Å²) in [4.78, 5) is 32.4. The fraction of sp³-hybridized carbons (Fsp3) is 0.450. The third-order valence-electron chi connectivity index (χ3n) is 4.99. The Kier molecular flexibility index (Phi) is 6.11. The maximum absolute atomic E-state index is 12.4. The van der Waals surface area contributed by atoms with Crippen LogP contribution in [-0.4, -0.2) is 41.5 Å². The first kappa shape index (κ1) is 19.4. The Balaban J connectivity index is 1.45. The van der Waals surface area contributed by atoms with E-state index in [-0.39, 0.29) is 12.0 Å². The summed E-state index contributed by atoms with van der Waals surface area (Å²) in [6.45, 7) is 7.70. The van der Waals surface area contributed by atoms with Gasteiger partial charge in [-0.25, -0.2) is 4.79 Å². The summed E-state index contributed by atoms with van der Waals surface area (Å²) in [5, 5.41) is 3.01. The number of amides is 2. The molecule has 0 aromatic carbocycles. The van der Waals surface area contributed by atoms with Gasteiger partial charge in [0.15, 0.2) is 0 Å². The van der Waals surface area contributed by atoms with Crippen LogP contribution in [0.1, 0.15) is 38.6 Å². The molecule has 2 amide bonds. The zero-order valence-electron chi connectivity index (χ0n) is 15.9. The predicted molar refractivity (Wildman–Crippen MR) is 105 cm³/mol. The molecule has 144 valence electrons. The molecule has 3 heterocycles. The summed E-state index contributed by atoms with van der Waals surface area (Å²) in [5.74, 6) is 0.926. The lowest BCUT2D eigenvalue weighted by Gasteiger charge is -2.31. The van der Waals surface area contributed by atoms with Crippen molar-refractivity contribution < 1.29 is 14.3 Å². The van der Waals surface area contributed by atoms with Crippen LogP contribution in [0.2, 0.25) is 0 Å². The molecule has 0 bridgehead atoms. The summed E-state index contributed by atoms with van der Waals surface area (Å²) in [6, 6.07) is 5.53. The number of nitrogens with zero attached hydrogens (tertiary/aromatic N) is 2. The van der Waals surface area contributed by atoms with Crippen LogP contribution < -0.4 is 10.1 Å². The van der Waals surface area contributed by atoms with E-state index < -0.39 is 0 Å². The molecule has 0 aliphatic carbocycles. The van der Waals surface area contributed by atoms with Gasteiger partial charge in [0, 0.05) is 42.0 Å². The fourth-order valence-corrected chi connectivity index (χ4v) is 3.87. The number of carbonyl (C=O) groups excluding carboxylic acids is 2. The molecular weight excluding hydrogens is 362 g/mol. The summed E-state index contributed by atoms with van der Waals surface area (Å²) in [6.07, 6.45) is 3.04. The number of rotatable bonds is 4. The van der Waals surface area contributed by atoms with Crippen LogP contribution in [0.5, 0.6) is 5.75 Å². The standard InChI is InChI=1S/C20H25N3O3S/c1-13-4-5-18(27-13)19(24)22-12-16-7-10-23(11-8-16)20(25)26-17-6-9-21-15(3)14(17)2/h4-6,9,16H,7-8,10-12H2,1-3H3,(H,22,24). The first-order chi connectivity index (χ1) is 12.9. The van der Waals surface area contributed by atoms with Gasteiger partial charge in [-0.1, -0.05) is 0 Å². The summed E-state index contributed by atoms with van der Waals surface area (Å²) >= 11 is 1.50. The largest absolute Gasteiger partial charge is 0.415 e. The van der Waals surface area contributed by atoms with E-state index >= 15 is 0 Å². The lowest BCUT2D eigenvalue weighted by Crippen LogP contribution is -2.42. The molecule has 27 heavy (non-hydrogen) atoms. The second kappa shape index (κ2) is 8.52. The molecule has 2 aromatic rings. The number of aryl methyl sites for hydroxylation is 2. The second-order valence-electron chi connectivity index (χ2n) is 6.94. The topological polar surface area (TPSA) is 71.5 Å². The minimum absolute atomic E-state index is 0.0153. The lowest BCUT2D eigenvalue weighted by molar-refractivity contribution is 0.0935. The van der Waals surface area contributed by atoms with Gasteiger partial charge in [0.05, 0.1) is 4.88 Å².